The summed E-state index contributed by atoms with van der Waals surface area (Å²) in [5, 5.41) is 0.924. The number of carbonyl (C=O) groups is 1. The summed E-state index contributed by atoms with van der Waals surface area (Å²) in [6.45, 7) is 8.04. The van der Waals surface area contributed by atoms with Crippen LogP contribution in [-0.2, 0) is 0 Å². The molecule has 0 spiro atoms. The Labute approximate surface area is 148 Å². The summed E-state index contributed by atoms with van der Waals surface area (Å²) in [5.41, 5.74) is 1.27. The molecule has 1 heterocycles. The van der Waals surface area contributed by atoms with E-state index >= 15 is 0 Å². The highest BCUT2D eigenvalue weighted by Gasteiger charge is 2.16. The molecule has 0 aliphatic heterocycles. The summed E-state index contributed by atoms with van der Waals surface area (Å²) in [6, 6.07) is 16.6. The third-order valence-electron chi connectivity index (χ3n) is 4.38. The first-order valence-electron chi connectivity index (χ1n) is 8.66. The fourth-order valence-corrected chi connectivity index (χ4v) is 2.96. The third kappa shape index (κ3) is 3.74. The van der Waals surface area contributed by atoms with Gasteiger partial charge in [-0.25, -0.2) is 0 Å². The number of para-hydroxylation sites is 1. The molecule has 3 aromatic rings. The van der Waals surface area contributed by atoms with E-state index in [2.05, 4.69) is 18.7 Å². The van der Waals surface area contributed by atoms with Crippen LogP contribution in [0.1, 0.15) is 36.9 Å². The SMILES string of the molecule is CCN(CC)C(C)Oc1cccc(C(=O)c2cc3ccccc3o2)c1. The molecule has 0 bridgehead atoms. The zero-order valence-corrected chi connectivity index (χ0v) is 14.9. The van der Waals surface area contributed by atoms with Crippen LogP contribution in [0.5, 0.6) is 5.75 Å². The van der Waals surface area contributed by atoms with Gasteiger partial charge < -0.3 is 9.15 Å². The lowest BCUT2D eigenvalue weighted by Crippen LogP contribution is -2.36. The molecule has 3 rings (SSSR count). The first-order valence-corrected chi connectivity index (χ1v) is 8.66. The lowest BCUT2D eigenvalue weighted by atomic mass is 10.1. The van der Waals surface area contributed by atoms with Gasteiger partial charge in [0.1, 0.15) is 17.6 Å². The number of nitrogens with zero attached hydrogens (tertiary/aromatic N) is 1. The molecular weight excluding hydrogens is 314 g/mol. The largest absolute Gasteiger partial charge is 0.475 e. The fourth-order valence-electron chi connectivity index (χ4n) is 2.96. The first kappa shape index (κ1) is 17.2. The Morgan fingerprint density at radius 1 is 1.08 bits per heavy atom. The van der Waals surface area contributed by atoms with Crippen molar-refractivity contribution in [3.63, 3.8) is 0 Å². The molecule has 0 saturated heterocycles. The van der Waals surface area contributed by atoms with Crippen molar-refractivity contribution in [1.29, 1.82) is 0 Å². The van der Waals surface area contributed by atoms with Gasteiger partial charge in [-0.05, 0) is 44.3 Å². The van der Waals surface area contributed by atoms with Gasteiger partial charge >= 0.3 is 0 Å². The maximum atomic E-state index is 12.7. The minimum atomic E-state index is -0.142. The summed E-state index contributed by atoms with van der Waals surface area (Å²) in [5.74, 6) is 0.883. The van der Waals surface area contributed by atoms with E-state index in [0.717, 1.165) is 18.5 Å². The molecule has 1 aromatic heterocycles. The number of carbonyl (C=O) groups excluding carboxylic acids is 1. The van der Waals surface area contributed by atoms with E-state index < -0.39 is 0 Å². The van der Waals surface area contributed by atoms with Crippen LogP contribution >= 0.6 is 0 Å². The smallest absolute Gasteiger partial charge is 0.228 e. The summed E-state index contributed by atoms with van der Waals surface area (Å²) < 4.78 is 11.7. The highest BCUT2D eigenvalue weighted by molar-refractivity contribution is 6.09. The van der Waals surface area contributed by atoms with Gasteiger partial charge in [0.05, 0.1) is 0 Å². The topological polar surface area (TPSA) is 42.7 Å². The van der Waals surface area contributed by atoms with Gasteiger partial charge in [-0.3, -0.25) is 9.69 Å². The zero-order valence-electron chi connectivity index (χ0n) is 14.9. The van der Waals surface area contributed by atoms with Crippen LogP contribution in [0.3, 0.4) is 0 Å². The van der Waals surface area contributed by atoms with Crippen LogP contribution in [-0.4, -0.2) is 30.0 Å². The molecule has 25 heavy (non-hydrogen) atoms. The highest BCUT2D eigenvalue weighted by Crippen LogP contribution is 2.23. The van der Waals surface area contributed by atoms with E-state index in [-0.39, 0.29) is 12.0 Å². The highest BCUT2D eigenvalue weighted by atomic mass is 16.5. The Balaban J connectivity index is 1.81. The Hall–Kier alpha value is -2.59. The van der Waals surface area contributed by atoms with Crippen LogP contribution in [0.15, 0.2) is 59.0 Å². The number of ether oxygens (including phenoxy) is 1. The maximum Gasteiger partial charge on any atom is 0.228 e. The van der Waals surface area contributed by atoms with Gasteiger partial charge in [0.25, 0.3) is 0 Å². The fraction of sp³-hybridized carbons (Fsp3) is 0.286. The summed E-state index contributed by atoms with van der Waals surface area (Å²) >= 11 is 0. The number of ketones is 1. The Morgan fingerprint density at radius 3 is 2.56 bits per heavy atom. The van der Waals surface area contributed by atoms with E-state index in [1.807, 2.05) is 43.3 Å². The minimum absolute atomic E-state index is 0.0495. The maximum absolute atomic E-state index is 12.7. The molecule has 1 unspecified atom stereocenters. The summed E-state index contributed by atoms with van der Waals surface area (Å²) in [6.07, 6.45) is -0.0495. The van der Waals surface area contributed by atoms with Crippen molar-refractivity contribution in [3.05, 3.63) is 65.9 Å². The number of hydrogen-bond donors (Lipinski definition) is 0. The van der Waals surface area contributed by atoms with Gasteiger partial charge in [0.15, 0.2) is 5.76 Å². The predicted molar refractivity (Wildman–Crippen MR) is 99.1 cm³/mol. The van der Waals surface area contributed by atoms with Crippen molar-refractivity contribution < 1.29 is 13.9 Å². The molecule has 0 aliphatic rings. The molecule has 0 radical (unpaired) electrons. The molecule has 2 aromatic carbocycles. The molecule has 0 saturated carbocycles. The quantitative estimate of drug-likeness (QED) is 0.462. The Kier molecular flexibility index (Phi) is 5.19. The average Bonchev–Trinajstić information content (AvgIpc) is 3.06. The lowest BCUT2D eigenvalue weighted by Gasteiger charge is -2.26. The Bertz CT molecular complexity index is 831. The molecule has 0 N–H and O–H groups in total. The van der Waals surface area contributed by atoms with Crippen molar-refractivity contribution in [3.8, 4) is 5.75 Å². The third-order valence-corrected chi connectivity index (χ3v) is 4.38. The van der Waals surface area contributed by atoms with E-state index in [1.165, 1.54) is 0 Å². The van der Waals surface area contributed by atoms with E-state index in [0.29, 0.717) is 22.7 Å². The standard InChI is InChI=1S/C21H23NO3/c1-4-22(5-2)15(3)24-18-11-8-10-17(13-18)21(23)20-14-16-9-6-7-12-19(16)25-20/h6-15H,4-5H2,1-3H3. The number of rotatable bonds is 7. The molecule has 4 heteroatoms. The molecular formula is C21H23NO3. The molecule has 0 fully saturated rings. The zero-order chi connectivity index (χ0) is 17.8. The molecule has 4 nitrogen and oxygen atoms in total. The van der Waals surface area contributed by atoms with Crippen molar-refractivity contribution in [1.82, 2.24) is 4.90 Å². The Morgan fingerprint density at radius 2 is 1.84 bits per heavy atom. The number of hydrogen-bond acceptors (Lipinski definition) is 4. The van der Waals surface area contributed by atoms with Gasteiger partial charge in [-0.1, -0.05) is 44.2 Å². The second-order valence-electron chi connectivity index (χ2n) is 5.94. The van der Waals surface area contributed by atoms with Crippen molar-refractivity contribution in [2.75, 3.05) is 13.1 Å². The number of fused-ring (bicyclic) bond motifs is 1. The van der Waals surface area contributed by atoms with E-state index in [4.69, 9.17) is 9.15 Å². The monoisotopic (exact) mass is 337 g/mol. The van der Waals surface area contributed by atoms with Gasteiger partial charge in [0, 0.05) is 10.9 Å². The second kappa shape index (κ2) is 7.53. The van der Waals surface area contributed by atoms with Gasteiger partial charge in [-0.2, -0.15) is 0 Å². The first-order chi connectivity index (χ1) is 12.1. The van der Waals surface area contributed by atoms with Gasteiger partial charge in [0.2, 0.25) is 5.78 Å². The van der Waals surface area contributed by atoms with E-state index in [9.17, 15) is 4.79 Å². The molecule has 1 atom stereocenters. The van der Waals surface area contributed by atoms with Crippen LogP contribution in [0.25, 0.3) is 11.0 Å². The van der Waals surface area contributed by atoms with Crippen LogP contribution < -0.4 is 4.74 Å². The van der Waals surface area contributed by atoms with Crippen molar-refractivity contribution >= 4 is 16.8 Å². The molecule has 130 valence electrons. The molecule has 0 aliphatic carbocycles. The summed E-state index contributed by atoms with van der Waals surface area (Å²) in [7, 11) is 0. The lowest BCUT2D eigenvalue weighted by molar-refractivity contribution is 0.0480. The average molecular weight is 337 g/mol. The second-order valence-corrected chi connectivity index (χ2v) is 5.94. The van der Waals surface area contributed by atoms with E-state index in [1.54, 1.807) is 18.2 Å². The normalized spacial score (nSPS) is 12.5. The van der Waals surface area contributed by atoms with Crippen LogP contribution in [0, 0.1) is 0 Å². The summed E-state index contributed by atoms with van der Waals surface area (Å²) in [4.78, 5) is 14.9. The van der Waals surface area contributed by atoms with Crippen LogP contribution in [0.4, 0.5) is 0 Å². The van der Waals surface area contributed by atoms with Crippen molar-refractivity contribution in [2.45, 2.75) is 27.0 Å². The predicted octanol–water partition coefficient (Wildman–Crippen LogP) is 4.73. The van der Waals surface area contributed by atoms with Crippen molar-refractivity contribution in [2.24, 2.45) is 0 Å². The van der Waals surface area contributed by atoms with Gasteiger partial charge in [-0.15, -0.1) is 0 Å². The minimum Gasteiger partial charge on any atom is -0.475 e. The number of benzene rings is 2. The number of furan rings is 1. The molecule has 0 amide bonds. The van der Waals surface area contributed by atoms with Crippen LogP contribution in [0.2, 0.25) is 0 Å².